The van der Waals surface area contributed by atoms with Crippen LogP contribution in [-0.2, 0) is 0 Å². The molecule has 0 radical (unpaired) electrons. The molecule has 4 aliphatic rings. The van der Waals surface area contributed by atoms with E-state index in [0.29, 0.717) is 5.41 Å². The maximum atomic E-state index is 6.75. The second-order valence-corrected chi connectivity index (χ2v) is 7.68. The zero-order chi connectivity index (χ0) is 10.8. The summed E-state index contributed by atoms with van der Waals surface area (Å²) < 4.78 is 0. The maximum absolute atomic E-state index is 6.75. The van der Waals surface area contributed by atoms with Gasteiger partial charge < -0.3 is 5.73 Å². The molecule has 0 aromatic heterocycles. The Morgan fingerprint density at radius 1 is 1.00 bits per heavy atom. The molecule has 1 heteroatoms. The summed E-state index contributed by atoms with van der Waals surface area (Å²) in [5, 5.41) is 0. The minimum absolute atomic E-state index is 0.201. The Kier molecular flexibility index (Phi) is 1.89. The van der Waals surface area contributed by atoms with Gasteiger partial charge in [-0.1, -0.05) is 20.8 Å². The Balaban J connectivity index is 1.96. The third-order valence-electron chi connectivity index (χ3n) is 5.30. The highest BCUT2D eigenvalue weighted by Crippen LogP contribution is 2.61. The van der Waals surface area contributed by atoms with Gasteiger partial charge in [-0.3, -0.25) is 0 Å². The summed E-state index contributed by atoms with van der Waals surface area (Å²) in [7, 11) is 0. The van der Waals surface area contributed by atoms with Crippen LogP contribution in [0.5, 0.6) is 0 Å². The van der Waals surface area contributed by atoms with E-state index < -0.39 is 0 Å². The van der Waals surface area contributed by atoms with Gasteiger partial charge in [0, 0.05) is 5.54 Å². The molecule has 4 aliphatic carbocycles. The summed E-state index contributed by atoms with van der Waals surface area (Å²) in [5.41, 5.74) is 7.36. The van der Waals surface area contributed by atoms with Crippen LogP contribution < -0.4 is 5.73 Å². The van der Waals surface area contributed by atoms with Crippen LogP contribution in [0.4, 0.5) is 0 Å². The van der Waals surface area contributed by atoms with Crippen molar-refractivity contribution in [3.8, 4) is 0 Å². The van der Waals surface area contributed by atoms with Gasteiger partial charge in [-0.05, 0) is 61.2 Å². The maximum Gasteiger partial charge on any atom is 0.0195 e. The third kappa shape index (κ3) is 1.39. The molecule has 0 spiro atoms. The van der Waals surface area contributed by atoms with Crippen molar-refractivity contribution in [3.05, 3.63) is 0 Å². The predicted octanol–water partition coefficient (Wildman–Crippen LogP) is 3.19. The van der Waals surface area contributed by atoms with Crippen molar-refractivity contribution in [2.45, 2.75) is 58.4 Å². The van der Waals surface area contributed by atoms with Gasteiger partial charge in [0.1, 0.15) is 0 Å². The van der Waals surface area contributed by atoms with Crippen LogP contribution in [0.1, 0.15) is 52.9 Å². The highest BCUT2D eigenvalue weighted by Gasteiger charge is 2.57. The molecule has 0 aliphatic heterocycles. The SMILES string of the molecule is CC(C)(C)C1C2CC3CC(C2)CC1(N)C3. The fourth-order valence-corrected chi connectivity index (χ4v) is 5.67. The first-order valence-electron chi connectivity index (χ1n) is 6.67. The van der Waals surface area contributed by atoms with Crippen LogP contribution in [0.15, 0.2) is 0 Å². The summed E-state index contributed by atoms with van der Waals surface area (Å²) in [4.78, 5) is 0. The van der Waals surface area contributed by atoms with Crippen LogP contribution in [0, 0.1) is 29.1 Å². The van der Waals surface area contributed by atoms with Crippen LogP contribution in [0.3, 0.4) is 0 Å². The van der Waals surface area contributed by atoms with Crippen LogP contribution >= 0.6 is 0 Å². The lowest BCUT2D eigenvalue weighted by Crippen LogP contribution is -2.65. The number of nitrogens with two attached hydrogens (primary N) is 1. The fraction of sp³-hybridized carbons (Fsp3) is 1.00. The second-order valence-electron chi connectivity index (χ2n) is 7.68. The standard InChI is InChI=1S/C14H25N/c1-13(2,3)12-11-5-9-4-10(6-11)8-14(12,15)7-9/h9-12H,4-8,15H2,1-3H3. The monoisotopic (exact) mass is 207 g/mol. The largest absolute Gasteiger partial charge is 0.325 e. The van der Waals surface area contributed by atoms with Gasteiger partial charge in [-0.25, -0.2) is 0 Å². The van der Waals surface area contributed by atoms with Crippen LogP contribution in [0.25, 0.3) is 0 Å². The summed E-state index contributed by atoms with van der Waals surface area (Å²) in [6.45, 7) is 7.19. The number of hydrogen-bond acceptors (Lipinski definition) is 1. The van der Waals surface area contributed by atoms with Gasteiger partial charge >= 0.3 is 0 Å². The number of hydrogen-bond donors (Lipinski definition) is 1. The Hall–Kier alpha value is -0.0400. The Bertz CT molecular complexity index is 262. The van der Waals surface area contributed by atoms with Crippen molar-refractivity contribution >= 4 is 0 Å². The topological polar surface area (TPSA) is 26.0 Å². The lowest BCUT2D eigenvalue weighted by Gasteiger charge is -2.63. The van der Waals surface area contributed by atoms with E-state index in [0.717, 1.165) is 23.7 Å². The van der Waals surface area contributed by atoms with E-state index in [1.54, 1.807) is 0 Å². The number of rotatable bonds is 0. The summed E-state index contributed by atoms with van der Waals surface area (Å²) in [5.74, 6) is 3.68. The van der Waals surface area contributed by atoms with E-state index in [-0.39, 0.29) is 5.54 Å². The Labute approximate surface area is 93.8 Å². The van der Waals surface area contributed by atoms with E-state index in [1.807, 2.05) is 0 Å². The van der Waals surface area contributed by atoms with E-state index in [1.165, 1.54) is 32.1 Å². The molecule has 3 unspecified atom stereocenters. The molecule has 0 heterocycles. The van der Waals surface area contributed by atoms with Gasteiger partial charge in [0.2, 0.25) is 0 Å². The van der Waals surface area contributed by atoms with Crippen LogP contribution in [0.2, 0.25) is 0 Å². The van der Waals surface area contributed by atoms with Crippen LogP contribution in [-0.4, -0.2) is 5.54 Å². The molecule has 3 atom stereocenters. The van der Waals surface area contributed by atoms with Crippen molar-refractivity contribution in [1.29, 1.82) is 0 Å². The minimum Gasteiger partial charge on any atom is -0.325 e. The van der Waals surface area contributed by atoms with Crippen molar-refractivity contribution in [2.75, 3.05) is 0 Å². The lowest BCUT2D eigenvalue weighted by atomic mass is 9.44. The minimum atomic E-state index is 0.201. The molecule has 1 nitrogen and oxygen atoms in total. The van der Waals surface area contributed by atoms with E-state index in [9.17, 15) is 0 Å². The lowest BCUT2D eigenvalue weighted by molar-refractivity contribution is -0.0978. The molecule has 4 rings (SSSR count). The molecule has 0 aromatic carbocycles. The highest BCUT2D eigenvalue weighted by atomic mass is 14.8. The van der Waals surface area contributed by atoms with Crippen molar-refractivity contribution in [2.24, 2.45) is 34.8 Å². The van der Waals surface area contributed by atoms with Crippen molar-refractivity contribution < 1.29 is 0 Å². The smallest absolute Gasteiger partial charge is 0.0195 e. The third-order valence-corrected chi connectivity index (χ3v) is 5.30. The first kappa shape index (κ1) is 10.1. The summed E-state index contributed by atoms with van der Waals surface area (Å²) in [6.07, 6.45) is 7.10. The quantitative estimate of drug-likeness (QED) is 0.648. The van der Waals surface area contributed by atoms with Gasteiger partial charge in [-0.2, -0.15) is 0 Å². The summed E-state index contributed by atoms with van der Waals surface area (Å²) >= 11 is 0. The summed E-state index contributed by atoms with van der Waals surface area (Å²) in [6, 6.07) is 0. The first-order valence-corrected chi connectivity index (χ1v) is 6.67. The average Bonchev–Trinajstić information content (AvgIpc) is 1.94. The molecule has 4 bridgehead atoms. The van der Waals surface area contributed by atoms with E-state index >= 15 is 0 Å². The zero-order valence-corrected chi connectivity index (χ0v) is 10.4. The van der Waals surface area contributed by atoms with Gasteiger partial charge in [-0.15, -0.1) is 0 Å². The highest BCUT2D eigenvalue weighted by molar-refractivity contribution is 5.11. The molecule has 4 fully saturated rings. The van der Waals surface area contributed by atoms with Gasteiger partial charge in [0.05, 0.1) is 0 Å². The van der Waals surface area contributed by atoms with Gasteiger partial charge in [0.15, 0.2) is 0 Å². The fourth-order valence-electron chi connectivity index (χ4n) is 5.67. The predicted molar refractivity (Wildman–Crippen MR) is 63.4 cm³/mol. The normalized spacial score (nSPS) is 53.6. The molecular weight excluding hydrogens is 182 g/mol. The molecule has 15 heavy (non-hydrogen) atoms. The molecule has 86 valence electrons. The molecule has 4 saturated carbocycles. The molecule has 0 aromatic rings. The second kappa shape index (κ2) is 2.80. The van der Waals surface area contributed by atoms with Gasteiger partial charge in [0.25, 0.3) is 0 Å². The molecular formula is C14H25N. The zero-order valence-electron chi connectivity index (χ0n) is 10.4. The Morgan fingerprint density at radius 3 is 1.93 bits per heavy atom. The van der Waals surface area contributed by atoms with Crippen molar-refractivity contribution in [1.82, 2.24) is 0 Å². The van der Waals surface area contributed by atoms with E-state index in [2.05, 4.69) is 20.8 Å². The Morgan fingerprint density at radius 2 is 1.53 bits per heavy atom. The molecule has 2 N–H and O–H groups in total. The van der Waals surface area contributed by atoms with E-state index in [4.69, 9.17) is 5.73 Å². The molecule has 0 amide bonds. The first-order chi connectivity index (χ1) is 6.88. The molecule has 0 saturated heterocycles. The van der Waals surface area contributed by atoms with Crippen molar-refractivity contribution in [3.63, 3.8) is 0 Å². The average molecular weight is 207 g/mol.